The Labute approximate surface area is 135 Å². The van der Waals surface area contributed by atoms with Gasteiger partial charge in [-0.15, -0.1) is 0 Å². The minimum Gasteiger partial charge on any atom is -0.375 e. The summed E-state index contributed by atoms with van der Waals surface area (Å²) in [5, 5.41) is 0. The van der Waals surface area contributed by atoms with E-state index in [1.807, 2.05) is 0 Å². The van der Waals surface area contributed by atoms with E-state index in [1.165, 1.54) is 38.5 Å². The summed E-state index contributed by atoms with van der Waals surface area (Å²) >= 11 is 0. The van der Waals surface area contributed by atoms with Crippen molar-refractivity contribution < 1.29 is 4.74 Å². The Morgan fingerprint density at radius 3 is 1.14 bits per heavy atom. The van der Waals surface area contributed by atoms with Crippen LogP contribution in [0.5, 0.6) is 0 Å². The van der Waals surface area contributed by atoms with Crippen molar-refractivity contribution >= 4 is 0 Å². The van der Waals surface area contributed by atoms with E-state index in [1.54, 1.807) is 0 Å². The molecule has 0 spiro atoms. The Bertz CT molecular complexity index is 210. The third kappa shape index (κ3) is 11.2. The van der Waals surface area contributed by atoms with Crippen molar-refractivity contribution in [1.29, 1.82) is 0 Å². The summed E-state index contributed by atoms with van der Waals surface area (Å²) in [6, 6.07) is 0. The van der Waals surface area contributed by atoms with Crippen LogP contribution >= 0.6 is 0 Å². The Hall–Kier alpha value is -0.0400. The summed E-state index contributed by atoms with van der Waals surface area (Å²) in [6.07, 6.45) is 8.29. The van der Waals surface area contributed by atoms with Gasteiger partial charge >= 0.3 is 0 Å². The maximum Gasteiger partial charge on any atom is 0.0583 e. The number of hydrogen-bond acceptors (Lipinski definition) is 1. The first kappa shape index (κ1) is 21.0. The monoisotopic (exact) mass is 298 g/mol. The highest BCUT2D eigenvalue weighted by Gasteiger charge is 2.22. The quantitative estimate of drug-likeness (QED) is 0.389. The van der Waals surface area contributed by atoms with Crippen molar-refractivity contribution in [2.75, 3.05) is 0 Å². The van der Waals surface area contributed by atoms with Gasteiger partial charge in [0.05, 0.1) is 12.2 Å². The molecule has 0 bridgehead atoms. The Morgan fingerprint density at radius 2 is 0.905 bits per heavy atom. The van der Waals surface area contributed by atoms with Crippen LogP contribution < -0.4 is 0 Å². The summed E-state index contributed by atoms with van der Waals surface area (Å²) in [5.74, 6) is 3.00. The largest absolute Gasteiger partial charge is 0.375 e. The molecule has 1 nitrogen and oxygen atoms in total. The minimum atomic E-state index is 0.452. The van der Waals surface area contributed by atoms with E-state index in [-0.39, 0.29) is 0 Å². The smallest absolute Gasteiger partial charge is 0.0583 e. The van der Waals surface area contributed by atoms with Gasteiger partial charge in [0.1, 0.15) is 0 Å². The maximum atomic E-state index is 6.62. The van der Waals surface area contributed by atoms with Crippen LogP contribution in [0.2, 0.25) is 0 Å². The molecule has 0 rings (SSSR count). The molecule has 0 aliphatic heterocycles. The van der Waals surface area contributed by atoms with Crippen LogP contribution in [0.1, 0.15) is 93.9 Å². The highest BCUT2D eigenvalue weighted by molar-refractivity contribution is 4.71. The van der Waals surface area contributed by atoms with Crippen LogP contribution in [0.3, 0.4) is 0 Å². The lowest BCUT2D eigenvalue weighted by molar-refractivity contribution is -0.0505. The number of ether oxygens (including phenoxy) is 1. The van der Waals surface area contributed by atoms with Crippen LogP contribution in [0.15, 0.2) is 0 Å². The van der Waals surface area contributed by atoms with Crippen molar-refractivity contribution in [3.63, 3.8) is 0 Å². The van der Waals surface area contributed by atoms with Crippen LogP contribution in [0, 0.1) is 23.7 Å². The van der Waals surface area contributed by atoms with Crippen molar-refractivity contribution in [2.45, 2.75) is 106 Å². The fourth-order valence-corrected chi connectivity index (χ4v) is 2.97. The van der Waals surface area contributed by atoms with Gasteiger partial charge in [-0.25, -0.2) is 0 Å². The van der Waals surface area contributed by atoms with E-state index >= 15 is 0 Å². The number of hydrogen-bond donors (Lipinski definition) is 0. The van der Waals surface area contributed by atoms with E-state index in [0.29, 0.717) is 12.2 Å². The van der Waals surface area contributed by atoms with Gasteiger partial charge < -0.3 is 4.74 Å². The average molecular weight is 299 g/mol. The first-order valence-electron chi connectivity index (χ1n) is 9.43. The van der Waals surface area contributed by atoms with Gasteiger partial charge in [0.2, 0.25) is 0 Å². The molecule has 1 heteroatoms. The molecule has 0 aromatic rings. The first-order valence-corrected chi connectivity index (χ1v) is 9.43. The lowest BCUT2D eigenvalue weighted by Gasteiger charge is -2.30. The molecular weight excluding hydrogens is 256 g/mol. The summed E-state index contributed by atoms with van der Waals surface area (Å²) < 4.78 is 6.62. The average Bonchev–Trinajstić information content (AvgIpc) is 2.36. The molecule has 21 heavy (non-hydrogen) atoms. The predicted octanol–water partition coefficient (Wildman–Crippen LogP) is 6.70. The van der Waals surface area contributed by atoms with Gasteiger partial charge in [0.25, 0.3) is 0 Å². The van der Waals surface area contributed by atoms with Crippen LogP contribution in [-0.2, 0) is 4.74 Å². The normalized spacial score (nSPS) is 18.0. The van der Waals surface area contributed by atoms with E-state index in [9.17, 15) is 0 Å². The van der Waals surface area contributed by atoms with Crippen molar-refractivity contribution in [3.8, 4) is 0 Å². The van der Waals surface area contributed by atoms with Crippen LogP contribution in [0.25, 0.3) is 0 Å². The highest BCUT2D eigenvalue weighted by atomic mass is 16.5. The molecule has 0 amide bonds. The molecule has 0 aromatic heterocycles. The Balaban J connectivity index is 4.66. The highest BCUT2D eigenvalue weighted by Crippen LogP contribution is 2.25. The van der Waals surface area contributed by atoms with E-state index < -0.39 is 0 Å². The summed E-state index contributed by atoms with van der Waals surface area (Å²) in [7, 11) is 0. The Morgan fingerprint density at radius 1 is 0.571 bits per heavy atom. The van der Waals surface area contributed by atoms with Gasteiger partial charge in [-0.05, 0) is 49.4 Å². The fraction of sp³-hybridized carbons (Fsp3) is 1.00. The fourth-order valence-electron chi connectivity index (χ4n) is 2.97. The standard InChI is InChI=1S/C20H42O/c1-9-17(7)13-19(11-15(3)4)21-20(12-16(5)6)14-18(8)10-2/h15-20H,9-14H2,1-8H3. The lowest BCUT2D eigenvalue weighted by Crippen LogP contribution is -2.28. The molecule has 0 aliphatic carbocycles. The first-order chi connectivity index (χ1) is 9.78. The third-order valence-corrected chi connectivity index (χ3v) is 4.58. The second kappa shape index (κ2) is 11.5. The molecular formula is C20H42O. The van der Waals surface area contributed by atoms with Crippen molar-refractivity contribution in [1.82, 2.24) is 0 Å². The molecule has 0 fully saturated rings. The molecule has 0 N–H and O–H groups in total. The van der Waals surface area contributed by atoms with Gasteiger partial charge in [-0.1, -0.05) is 68.2 Å². The van der Waals surface area contributed by atoms with Crippen LogP contribution in [0.4, 0.5) is 0 Å². The number of rotatable bonds is 12. The molecule has 0 aromatic carbocycles. The molecule has 0 saturated carbocycles. The van der Waals surface area contributed by atoms with E-state index in [2.05, 4.69) is 55.4 Å². The van der Waals surface area contributed by atoms with E-state index in [4.69, 9.17) is 4.74 Å². The zero-order valence-corrected chi connectivity index (χ0v) is 16.1. The van der Waals surface area contributed by atoms with E-state index in [0.717, 1.165) is 23.7 Å². The lowest BCUT2D eigenvalue weighted by atomic mass is 9.92. The van der Waals surface area contributed by atoms with Crippen molar-refractivity contribution in [3.05, 3.63) is 0 Å². The molecule has 0 saturated heterocycles. The predicted molar refractivity (Wildman–Crippen MR) is 95.7 cm³/mol. The van der Waals surface area contributed by atoms with Gasteiger partial charge in [0.15, 0.2) is 0 Å². The molecule has 0 aliphatic rings. The molecule has 128 valence electrons. The third-order valence-electron chi connectivity index (χ3n) is 4.58. The second-order valence-corrected chi connectivity index (χ2v) is 8.14. The molecule has 0 radical (unpaired) electrons. The molecule has 4 atom stereocenters. The van der Waals surface area contributed by atoms with Crippen molar-refractivity contribution in [2.24, 2.45) is 23.7 Å². The van der Waals surface area contributed by atoms with Crippen LogP contribution in [-0.4, -0.2) is 12.2 Å². The van der Waals surface area contributed by atoms with Gasteiger partial charge in [-0.2, -0.15) is 0 Å². The van der Waals surface area contributed by atoms with Gasteiger partial charge in [0, 0.05) is 0 Å². The van der Waals surface area contributed by atoms with Gasteiger partial charge in [-0.3, -0.25) is 0 Å². The second-order valence-electron chi connectivity index (χ2n) is 8.14. The topological polar surface area (TPSA) is 9.23 Å². The molecule has 0 heterocycles. The zero-order valence-electron chi connectivity index (χ0n) is 16.1. The zero-order chi connectivity index (χ0) is 16.4. The summed E-state index contributed by atoms with van der Waals surface area (Å²) in [5.41, 5.74) is 0. The SMILES string of the molecule is CCC(C)CC(CC(C)C)OC(CC(C)C)CC(C)CC. The Kier molecular flexibility index (Phi) is 11.5. The minimum absolute atomic E-state index is 0.452. The maximum absolute atomic E-state index is 6.62. The summed E-state index contributed by atoms with van der Waals surface area (Å²) in [4.78, 5) is 0. The summed E-state index contributed by atoms with van der Waals surface area (Å²) in [6.45, 7) is 18.6. The molecule has 4 unspecified atom stereocenters.